The Kier molecular flexibility index (Phi) is 2.96. The van der Waals surface area contributed by atoms with Crippen molar-refractivity contribution in [2.24, 2.45) is 0 Å². The number of hydrogen-bond donors (Lipinski definition) is 0. The molecular formula is C19H10N4O3. The first-order valence-corrected chi connectivity index (χ1v) is 7.90. The molecule has 0 saturated heterocycles. The summed E-state index contributed by atoms with van der Waals surface area (Å²) in [6.45, 7) is 0. The Labute approximate surface area is 145 Å². The number of pyridine rings is 1. The van der Waals surface area contributed by atoms with Gasteiger partial charge >= 0.3 is 5.63 Å². The van der Waals surface area contributed by atoms with Gasteiger partial charge in [0.15, 0.2) is 11.4 Å². The maximum absolute atomic E-state index is 12.9. The van der Waals surface area contributed by atoms with Crippen molar-refractivity contribution in [3.63, 3.8) is 0 Å². The minimum Gasteiger partial charge on any atom is -0.422 e. The van der Waals surface area contributed by atoms with Gasteiger partial charge in [-0.2, -0.15) is 4.52 Å². The average Bonchev–Trinajstić information content (AvgIpc) is 3.17. The van der Waals surface area contributed by atoms with Gasteiger partial charge in [0, 0.05) is 10.9 Å². The molecule has 2 aromatic carbocycles. The predicted octanol–water partition coefficient (Wildman–Crippen LogP) is 2.61. The lowest BCUT2D eigenvalue weighted by Crippen LogP contribution is -2.10. The Hall–Kier alpha value is -3.87. The van der Waals surface area contributed by atoms with Crippen LogP contribution >= 0.6 is 0 Å². The van der Waals surface area contributed by atoms with Crippen molar-refractivity contribution in [2.75, 3.05) is 0 Å². The number of aromatic nitrogens is 4. The van der Waals surface area contributed by atoms with Crippen molar-refractivity contribution in [3.05, 3.63) is 82.2 Å². The third-order valence-electron chi connectivity index (χ3n) is 4.31. The predicted molar refractivity (Wildman–Crippen MR) is 94.2 cm³/mol. The number of rotatable bonds is 2. The van der Waals surface area contributed by atoms with E-state index in [-0.39, 0.29) is 16.7 Å². The van der Waals surface area contributed by atoms with E-state index in [0.717, 1.165) is 0 Å². The van der Waals surface area contributed by atoms with Crippen LogP contribution in [0.15, 0.2) is 69.9 Å². The summed E-state index contributed by atoms with van der Waals surface area (Å²) in [5.41, 5.74) is 1.43. The largest absolute Gasteiger partial charge is 0.422 e. The van der Waals surface area contributed by atoms with Gasteiger partial charge in [-0.3, -0.25) is 4.79 Å². The molecule has 5 rings (SSSR count). The lowest BCUT2D eigenvalue weighted by atomic mass is 10.0. The van der Waals surface area contributed by atoms with Crippen LogP contribution in [0.5, 0.6) is 0 Å². The van der Waals surface area contributed by atoms with E-state index in [1.807, 2.05) is 18.2 Å². The minimum atomic E-state index is -0.543. The fourth-order valence-electron chi connectivity index (χ4n) is 3.13. The number of nitrogens with zero attached hydrogens (tertiary/aromatic N) is 4. The molecule has 3 aromatic heterocycles. The van der Waals surface area contributed by atoms with Gasteiger partial charge in [-0.1, -0.05) is 42.5 Å². The number of ketones is 1. The summed E-state index contributed by atoms with van der Waals surface area (Å²) in [7, 11) is 0. The number of carbonyl (C=O) groups is 1. The lowest BCUT2D eigenvalue weighted by Gasteiger charge is -2.07. The molecule has 0 saturated carbocycles. The highest BCUT2D eigenvalue weighted by atomic mass is 16.4. The van der Waals surface area contributed by atoms with Gasteiger partial charge in [0.25, 0.3) is 0 Å². The maximum atomic E-state index is 12.9. The molecule has 7 nitrogen and oxygen atoms in total. The molecule has 124 valence electrons. The molecule has 0 aliphatic carbocycles. The van der Waals surface area contributed by atoms with Gasteiger partial charge < -0.3 is 4.42 Å². The first-order valence-electron chi connectivity index (χ1n) is 7.90. The first kappa shape index (κ1) is 14.5. The summed E-state index contributed by atoms with van der Waals surface area (Å²) in [5, 5.41) is 12.6. The van der Waals surface area contributed by atoms with E-state index in [0.29, 0.717) is 27.7 Å². The Morgan fingerprint density at radius 2 is 1.73 bits per heavy atom. The Bertz CT molecular complexity index is 1370. The minimum absolute atomic E-state index is 0.247. The van der Waals surface area contributed by atoms with Crippen molar-refractivity contribution in [1.29, 1.82) is 0 Å². The van der Waals surface area contributed by atoms with E-state index in [1.165, 1.54) is 10.6 Å². The molecule has 0 bridgehead atoms. The molecule has 0 aliphatic heterocycles. The third kappa shape index (κ3) is 1.97. The number of fused-ring (bicyclic) bond motifs is 5. The van der Waals surface area contributed by atoms with Crippen LogP contribution in [0.2, 0.25) is 0 Å². The zero-order valence-corrected chi connectivity index (χ0v) is 13.3. The molecule has 0 radical (unpaired) electrons. The Balaban J connectivity index is 1.94. The van der Waals surface area contributed by atoms with Gasteiger partial charge in [-0.15, -0.1) is 5.10 Å². The highest BCUT2D eigenvalue weighted by molar-refractivity contribution is 6.15. The zero-order chi connectivity index (χ0) is 17.7. The fraction of sp³-hybridized carbons (Fsp3) is 0. The third-order valence-corrected chi connectivity index (χ3v) is 4.31. The van der Waals surface area contributed by atoms with E-state index in [4.69, 9.17) is 4.42 Å². The van der Waals surface area contributed by atoms with Crippen LogP contribution < -0.4 is 5.63 Å². The second kappa shape index (κ2) is 5.32. The highest BCUT2D eigenvalue weighted by Crippen LogP contribution is 2.25. The molecule has 0 aliphatic rings. The molecule has 5 aromatic rings. The first-order chi connectivity index (χ1) is 12.7. The van der Waals surface area contributed by atoms with Crippen LogP contribution in [-0.4, -0.2) is 25.8 Å². The van der Waals surface area contributed by atoms with Gasteiger partial charge in [0.05, 0.1) is 16.5 Å². The monoisotopic (exact) mass is 342 g/mol. The molecule has 0 atom stereocenters. The number of hydrogen-bond acceptors (Lipinski definition) is 6. The normalized spacial score (nSPS) is 11.4. The molecule has 0 spiro atoms. The van der Waals surface area contributed by atoms with Crippen LogP contribution in [-0.2, 0) is 0 Å². The van der Waals surface area contributed by atoms with Crippen molar-refractivity contribution in [1.82, 2.24) is 20.0 Å². The van der Waals surface area contributed by atoms with Crippen molar-refractivity contribution >= 4 is 33.3 Å². The summed E-state index contributed by atoms with van der Waals surface area (Å²) in [4.78, 5) is 25.4. The number of carbonyl (C=O) groups excluding carboxylic acids is 1. The summed E-state index contributed by atoms with van der Waals surface area (Å²) in [5.74, 6) is -0.264. The number of para-hydroxylation sites is 1. The SMILES string of the molecule is O=C(c1ccccc1)c1cc2c(=O)oc3ccccc3c2n2nnnc12. The number of benzene rings is 2. The van der Waals surface area contributed by atoms with Crippen LogP contribution in [0, 0.1) is 0 Å². The standard InChI is InChI=1S/C19H10N4O3/c24-17(11-6-2-1-3-7-11)14-10-13-16(23-18(14)20-21-22-23)12-8-4-5-9-15(12)26-19(13)25/h1-10H. The Morgan fingerprint density at radius 1 is 0.962 bits per heavy atom. The summed E-state index contributed by atoms with van der Waals surface area (Å²) < 4.78 is 6.81. The van der Waals surface area contributed by atoms with Crippen molar-refractivity contribution in [3.8, 4) is 0 Å². The fourth-order valence-corrected chi connectivity index (χ4v) is 3.13. The molecule has 0 amide bonds. The van der Waals surface area contributed by atoms with Gasteiger partial charge in [-0.25, -0.2) is 4.79 Å². The molecule has 0 fully saturated rings. The molecule has 7 heteroatoms. The number of tetrazole rings is 1. The van der Waals surface area contributed by atoms with E-state index in [2.05, 4.69) is 15.5 Å². The summed E-state index contributed by atoms with van der Waals surface area (Å²) in [6, 6.07) is 17.4. The second-order valence-corrected chi connectivity index (χ2v) is 5.82. The van der Waals surface area contributed by atoms with Crippen LogP contribution in [0.25, 0.3) is 27.5 Å². The highest BCUT2D eigenvalue weighted by Gasteiger charge is 2.21. The van der Waals surface area contributed by atoms with E-state index in [9.17, 15) is 9.59 Å². The molecule has 26 heavy (non-hydrogen) atoms. The van der Waals surface area contributed by atoms with E-state index in [1.54, 1.807) is 36.4 Å². The Morgan fingerprint density at radius 3 is 2.58 bits per heavy atom. The average molecular weight is 342 g/mol. The van der Waals surface area contributed by atoms with Gasteiger partial charge in [-0.05, 0) is 28.6 Å². The van der Waals surface area contributed by atoms with Crippen molar-refractivity contribution in [2.45, 2.75) is 0 Å². The topological polar surface area (TPSA) is 90.4 Å². The quantitative estimate of drug-likeness (QED) is 0.278. The van der Waals surface area contributed by atoms with Gasteiger partial charge in [0.2, 0.25) is 0 Å². The van der Waals surface area contributed by atoms with Crippen molar-refractivity contribution < 1.29 is 9.21 Å². The smallest absolute Gasteiger partial charge is 0.345 e. The van der Waals surface area contributed by atoms with Crippen LogP contribution in [0.1, 0.15) is 15.9 Å². The molecule has 0 unspecified atom stereocenters. The van der Waals surface area contributed by atoms with Crippen LogP contribution in [0.4, 0.5) is 0 Å². The van der Waals surface area contributed by atoms with Crippen LogP contribution in [0.3, 0.4) is 0 Å². The molecular weight excluding hydrogens is 332 g/mol. The molecule has 3 heterocycles. The van der Waals surface area contributed by atoms with Gasteiger partial charge in [0.1, 0.15) is 5.58 Å². The van der Waals surface area contributed by atoms with E-state index >= 15 is 0 Å². The summed E-state index contributed by atoms with van der Waals surface area (Å²) >= 11 is 0. The second-order valence-electron chi connectivity index (χ2n) is 5.82. The molecule has 0 N–H and O–H groups in total. The lowest BCUT2D eigenvalue weighted by molar-refractivity contribution is 0.104. The zero-order valence-electron chi connectivity index (χ0n) is 13.3. The summed E-state index contributed by atoms with van der Waals surface area (Å²) in [6.07, 6.45) is 0. The maximum Gasteiger partial charge on any atom is 0.345 e. The van der Waals surface area contributed by atoms with E-state index < -0.39 is 5.63 Å².